The van der Waals surface area contributed by atoms with Gasteiger partial charge < -0.3 is 5.32 Å². The molecule has 0 saturated heterocycles. The van der Waals surface area contributed by atoms with Gasteiger partial charge in [-0.3, -0.25) is 4.79 Å². The maximum Gasteiger partial charge on any atom is 0.401 e. The highest BCUT2D eigenvalue weighted by Crippen LogP contribution is 2.22. The predicted molar refractivity (Wildman–Crippen MR) is 43.8 cm³/mol. The number of carbonyl (C=O) groups is 1. The molecule has 0 fully saturated rings. The van der Waals surface area contributed by atoms with Crippen molar-refractivity contribution in [2.24, 2.45) is 0 Å². The van der Waals surface area contributed by atoms with Crippen molar-refractivity contribution in [3.8, 4) is 0 Å². The average Bonchev–Trinajstić information content (AvgIpc) is 1.98. The van der Waals surface area contributed by atoms with Crippen molar-refractivity contribution in [2.45, 2.75) is 31.6 Å². The molecule has 16 heavy (non-hydrogen) atoms. The van der Waals surface area contributed by atoms with Crippen LogP contribution in [0.5, 0.6) is 0 Å². The molecule has 0 aliphatic rings. The summed E-state index contributed by atoms with van der Waals surface area (Å²) < 4.78 is 69.7. The van der Waals surface area contributed by atoms with E-state index in [-0.39, 0.29) is 6.42 Å². The van der Waals surface area contributed by atoms with E-state index >= 15 is 0 Å². The van der Waals surface area contributed by atoms with Crippen LogP contribution in [0, 0.1) is 0 Å². The Bertz CT molecular complexity index is 200. The molecule has 96 valence electrons. The van der Waals surface area contributed by atoms with Crippen LogP contribution in [0.15, 0.2) is 0 Å². The number of halogens is 6. The molecule has 0 heterocycles. The monoisotopic (exact) mass is 251 g/mol. The number of ketones is 1. The molecule has 0 aromatic carbocycles. The van der Waals surface area contributed by atoms with Gasteiger partial charge in [0.1, 0.15) is 5.78 Å². The first-order chi connectivity index (χ1) is 7.10. The standard InChI is InChI=1S/C8H11F6NO/c9-7(10,11)3-1-2-6(16)4-15-5-8(12,13)14/h15H,1-5H2. The van der Waals surface area contributed by atoms with E-state index in [1.165, 1.54) is 0 Å². The number of nitrogens with one attached hydrogen (secondary N) is 1. The smallest absolute Gasteiger partial charge is 0.302 e. The van der Waals surface area contributed by atoms with Crippen LogP contribution in [0.3, 0.4) is 0 Å². The summed E-state index contributed by atoms with van der Waals surface area (Å²) in [6, 6.07) is 0. The van der Waals surface area contributed by atoms with E-state index in [1.807, 2.05) is 5.32 Å². The minimum Gasteiger partial charge on any atom is -0.302 e. The maximum atomic E-state index is 11.6. The van der Waals surface area contributed by atoms with E-state index < -0.39 is 44.1 Å². The Hall–Kier alpha value is -0.790. The average molecular weight is 251 g/mol. The van der Waals surface area contributed by atoms with Gasteiger partial charge in [0, 0.05) is 12.8 Å². The van der Waals surface area contributed by atoms with Crippen LogP contribution in [0.2, 0.25) is 0 Å². The zero-order valence-electron chi connectivity index (χ0n) is 8.21. The fraction of sp³-hybridized carbons (Fsp3) is 0.875. The van der Waals surface area contributed by atoms with Crippen LogP contribution in [0.1, 0.15) is 19.3 Å². The highest BCUT2D eigenvalue weighted by atomic mass is 19.4. The second kappa shape index (κ2) is 6.07. The van der Waals surface area contributed by atoms with Gasteiger partial charge in [0.15, 0.2) is 0 Å². The second-order valence-corrected chi connectivity index (χ2v) is 3.23. The quantitative estimate of drug-likeness (QED) is 0.734. The van der Waals surface area contributed by atoms with Crippen LogP contribution >= 0.6 is 0 Å². The van der Waals surface area contributed by atoms with E-state index in [4.69, 9.17) is 0 Å². The number of hydrogen-bond acceptors (Lipinski definition) is 2. The van der Waals surface area contributed by atoms with Gasteiger partial charge >= 0.3 is 12.4 Å². The van der Waals surface area contributed by atoms with Gasteiger partial charge in [-0.05, 0) is 6.42 Å². The molecule has 0 saturated carbocycles. The summed E-state index contributed by atoms with van der Waals surface area (Å²) in [6.45, 7) is -1.88. The van der Waals surface area contributed by atoms with Crippen molar-refractivity contribution in [1.82, 2.24) is 5.32 Å². The SMILES string of the molecule is O=C(CCCC(F)(F)F)CNCC(F)(F)F. The number of alkyl halides is 6. The van der Waals surface area contributed by atoms with Gasteiger partial charge in [-0.2, -0.15) is 26.3 Å². The molecule has 0 aromatic rings. The Labute approximate surface area is 88.0 Å². The van der Waals surface area contributed by atoms with Gasteiger partial charge in [0.2, 0.25) is 0 Å². The third-order valence-corrected chi connectivity index (χ3v) is 1.56. The minimum atomic E-state index is -4.42. The fourth-order valence-corrected chi connectivity index (χ4v) is 0.918. The molecule has 0 spiro atoms. The molecule has 8 heteroatoms. The molecule has 0 aliphatic heterocycles. The largest absolute Gasteiger partial charge is 0.401 e. The Morgan fingerprint density at radius 2 is 1.56 bits per heavy atom. The maximum absolute atomic E-state index is 11.6. The summed E-state index contributed by atoms with van der Waals surface area (Å²) in [7, 11) is 0. The molecule has 0 amide bonds. The second-order valence-electron chi connectivity index (χ2n) is 3.23. The lowest BCUT2D eigenvalue weighted by molar-refractivity contribution is -0.137. The summed E-state index contributed by atoms with van der Waals surface area (Å²) in [6.07, 6.45) is -10.6. The number of hydrogen-bond donors (Lipinski definition) is 1. The van der Waals surface area contributed by atoms with Crippen LogP contribution in [0.25, 0.3) is 0 Å². The summed E-state index contributed by atoms with van der Waals surface area (Å²) in [5, 5.41) is 1.82. The van der Waals surface area contributed by atoms with Crippen molar-refractivity contribution >= 4 is 5.78 Å². The Morgan fingerprint density at radius 3 is 2.00 bits per heavy atom. The van der Waals surface area contributed by atoms with Gasteiger partial charge in [0.25, 0.3) is 0 Å². The van der Waals surface area contributed by atoms with Gasteiger partial charge in [-0.25, -0.2) is 0 Å². The lowest BCUT2D eigenvalue weighted by Crippen LogP contribution is -2.32. The van der Waals surface area contributed by atoms with Gasteiger partial charge in [-0.15, -0.1) is 0 Å². The van der Waals surface area contributed by atoms with E-state index in [9.17, 15) is 31.1 Å². The molecule has 0 aliphatic carbocycles. The third-order valence-electron chi connectivity index (χ3n) is 1.56. The number of carbonyl (C=O) groups excluding carboxylic acids is 1. The summed E-state index contributed by atoms with van der Waals surface area (Å²) >= 11 is 0. The number of Topliss-reactive ketones (excluding diaryl/α,β-unsaturated/α-hetero) is 1. The van der Waals surface area contributed by atoms with Crippen molar-refractivity contribution in [3.63, 3.8) is 0 Å². The molecule has 2 nitrogen and oxygen atoms in total. The van der Waals surface area contributed by atoms with Crippen molar-refractivity contribution in [1.29, 1.82) is 0 Å². The molecule has 0 rings (SSSR count). The lowest BCUT2D eigenvalue weighted by Gasteiger charge is -2.08. The first-order valence-corrected chi connectivity index (χ1v) is 4.46. The highest BCUT2D eigenvalue weighted by molar-refractivity contribution is 5.80. The summed E-state index contributed by atoms with van der Waals surface area (Å²) in [5.74, 6) is -0.659. The van der Waals surface area contributed by atoms with Crippen LogP contribution in [-0.4, -0.2) is 31.2 Å². The Kier molecular flexibility index (Phi) is 5.77. The van der Waals surface area contributed by atoms with E-state index in [0.717, 1.165) is 0 Å². The fourth-order valence-electron chi connectivity index (χ4n) is 0.918. The Morgan fingerprint density at radius 1 is 1.00 bits per heavy atom. The van der Waals surface area contributed by atoms with Gasteiger partial charge in [0.05, 0.1) is 13.1 Å². The molecule has 0 aromatic heterocycles. The summed E-state index contributed by atoms with van der Waals surface area (Å²) in [4.78, 5) is 10.8. The first kappa shape index (κ1) is 15.2. The molecule has 0 radical (unpaired) electrons. The zero-order valence-corrected chi connectivity index (χ0v) is 8.21. The summed E-state index contributed by atoms with van der Waals surface area (Å²) in [5.41, 5.74) is 0. The molecular formula is C8H11F6NO. The van der Waals surface area contributed by atoms with E-state index in [2.05, 4.69) is 0 Å². The van der Waals surface area contributed by atoms with Crippen LogP contribution < -0.4 is 5.32 Å². The third kappa shape index (κ3) is 11.3. The Balaban J connectivity index is 3.53. The van der Waals surface area contributed by atoms with Crippen molar-refractivity contribution in [2.75, 3.05) is 13.1 Å². The van der Waals surface area contributed by atoms with Crippen molar-refractivity contribution in [3.05, 3.63) is 0 Å². The highest BCUT2D eigenvalue weighted by Gasteiger charge is 2.27. The molecular weight excluding hydrogens is 240 g/mol. The minimum absolute atomic E-state index is 0.371. The predicted octanol–water partition coefficient (Wildman–Crippen LogP) is 2.44. The zero-order chi connectivity index (χ0) is 12.8. The van der Waals surface area contributed by atoms with Crippen LogP contribution in [0.4, 0.5) is 26.3 Å². The first-order valence-electron chi connectivity index (χ1n) is 4.46. The molecule has 1 N–H and O–H groups in total. The van der Waals surface area contributed by atoms with Crippen LogP contribution in [-0.2, 0) is 4.79 Å². The normalized spacial score (nSPS) is 12.9. The lowest BCUT2D eigenvalue weighted by atomic mass is 10.2. The topological polar surface area (TPSA) is 29.1 Å². The van der Waals surface area contributed by atoms with Gasteiger partial charge in [-0.1, -0.05) is 0 Å². The van der Waals surface area contributed by atoms with E-state index in [0.29, 0.717) is 0 Å². The van der Waals surface area contributed by atoms with Crippen molar-refractivity contribution < 1.29 is 31.1 Å². The molecule has 0 atom stereocenters. The van der Waals surface area contributed by atoms with E-state index in [1.54, 1.807) is 0 Å². The molecule has 0 bridgehead atoms. The number of rotatable bonds is 6. The molecule has 0 unspecified atom stereocenters.